The van der Waals surface area contributed by atoms with Crippen LogP contribution in [0, 0.1) is 5.92 Å². The van der Waals surface area contributed by atoms with Gasteiger partial charge in [-0.05, 0) is 37.5 Å². The predicted octanol–water partition coefficient (Wildman–Crippen LogP) is 2.45. The van der Waals surface area contributed by atoms with Crippen LogP contribution in [0.2, 0.25) is 5.02 Å². The number of carbonyl (C=O) groups is 1. The van der Waals surface area contributed by atoms with E-state index < -0.39 is 0 Å². The van der Waals surface area contributed by atoms with Gasteiger partial charge in [-0.2, -0.15) is 0 Å². The third-order valence-corrected chi connectivity index (χ3v) is 4.76. The maximum Gasteiger partial charge on any atom is 0.225 e. The Kier molecular flexibility index (Phi) is 6.27. The van der Waals surface area contributed by atoms with Crippen molar-refractivity contribution >= 4 is 17.5 Å². The second-order valence-corrected chi connectivity index (χ2v) is 6.53. The Morgan fingerprint density at radius 1 is 1.39 bits per heavy atom. The summed E-state index contributed by atoms with van der Waals surface area (Å²) < 4.78 is 10.7. The first kappa shape index (κ1) is 18.0. The summed E-state index contributed by atoms with van der Waals surface area (Å²) >= 11 is 6.05. The molecular weight excluding hydrogens is 316 g/mol. The molecule has 1 aliphatic carbocycles. The quantitative estimate of drug-likeness (QED) is 0.894. The summed E-state index contributed by atoms with van der Waals surface area (Å²) in [6.07, 6.45) is 2.24. The largest absolute Gasteiger partial charge is 0.496 e. The van der Waals surface area contributed by atoms with E-state index in [1.807, 2.05) is 12.1 Å². The standard InChI is InChI=1S/C17H25ClN2O3/c1-20(10-12-8-13(18)5-7-15(12)22-2)17(21)11-4-6-14(19)16(9-11)23-3/h5,7-8,11,14,16H,4,6,9-10,19H2,1-3H3/t11-,14+,16+/m0/s1. The second kappa shape index (κ2) is 7.99. The smallest absolute Gasteiger partial charge is 0.225 e. The van der Waals surface area contributed by atoms with Gasteiger partial charge in [-0.15, -0.1) is 0 Å². The monoisotopic (exact) mass is 340 g/mol. The highest BCUT2D eigenvalue weighted by Gasteiger charge is 2.33. The van der Waals surface area contributed by atoms with Crippen LogP contribution in [0.3, 0.4) is 0 Å². The van der Waals surface area contributed by atoms with Gasteiger partial charge in [0.2, 0.25) is 5.91 Å². The third kappa shape index (κ3) is 4.37. The van der Waals surface area contributed by atoms with Crippen molar-refractivity contribution in [1.29, 1.82) is 0 Å². The number of nitrogens with two attached hydrogens (primary N) is 1. The molecule has 1 aromatic rings. The van der Waals surface area contributed by atoms with Crippen LogP contribution in [-0.4, -0.2) is 44.2 Å². The number of nitrogens with zero attached hydrogens (tertiary/aromatic N) is 1. The SMILES string of the molecule is COc1ccc(Cl)cc1CN(C)C(=O)[C@H]1CC[C@@H](N)[C@H](OC)C1. The van der Waals surface area contributed by atoms with Gasteiger partial charge in [0.05, 0.1) is 13.2 Å². The summed E-state index contributed by atoms with van der Waals surface area (Å²) in [7, 11) is 5.07. The zero-order valence-corrected chi connectivity index (χ0v) is 14.7. The number of halogens is 1. The van der Waals surface area contributed by atoms with Gasteiger partial charge in [0, 0.05) is 43.2 Å². The summed E-state index contributed by atoms with van der Waals surface area (Å²) in [5.41, 5.74) is 6.92. The predicted molar refractivity (Wildman–Crippen MR) is 90.6 cm³/mol. The zero-order valence-electron chi connectivity index (χ0n) is 13.9. The number of hydrogen-bond donors (Lipinski definition) is 1. The summed E-state index contributed by atoms with van der Waals surface area (Å²) in [5.74, 6) is 0.797. The number of amides is 1. The van der Waals surface area contributed by atoms with Gasteiger partial charge in [-0.1, -0.05) is 11.6 Å². The van der Waals surface area contributed by atoms with Gasteiger partial charge in [-0.25, -0.2) is 0 Å². The van der Waals surface area contributed by atoms with Crippen molar-refractivity contribution in [3.05, 3.63) is 28.8 Å². The Labute approximate surface area is 142 Å². The highest BCUT2D eigenvalue weighted by Crippen LogP contribution is 2.29. The van der Waals surface area contributed by atoms with Crippen LogP contribution < -0.4 is 10.5 Å². The summed E-state index contributed by atoms with van der Waals surface area (Å²) in [5, 5.41) is 0.629. The normalized spacial score (nSPS) is 24.3. The molecule has 0 aliphatic heterocycles. The Bertz CT molecular complexity index is 553. The van der Waals surface area contributed by atoms with E-state index >= 15 is 0 Å². The summed E-state index contributed by atoms with van der Waals surface area (Å²) in [6, 6.07) is 5.44. The first-order valence-corrected chi connectivity index (χ1v) is 8.19. The lowest BCUT2D eigenvalue weighted by atomic mass is 9.83. The Morgan fingerprint density at radius 3 is 2.78 bits per heavy atom. The Morgan fingerprint density at radius 2 is 2.13 bits per heavy atom. The first-order chi connectivity index (χ1) is 11.0. The fraction of sp³-hybridized carbons (Fsp3) is 0.588. The highest BCUT2D eigenvalue weighted by molar-refractivity contribution is 6.30. The minimum absolute atomic E-state index is 0.0161. The van der Waals surface area contributed by atoms with Crippen molar-refractivity contribution in [2.45, 2.75) is 38.0 Å². The Hall–Kier alpha value is -1.30. The van der Waals surface area contributed by atoms with Crippen molar-refractivity contribution in [3.8, 4) is 5.75 Å². The molecule has 1 saturated carbocycles. The lowest BCUT2D eigenvalue weighted by molar-refractivity contribution is -0.137. The maximum atomic E-state index is 12.7. The van der Waals surface area contributed by atoms with Gasteiger partial charge in [0.15, 0.2) is 0 Å². The molecule has 2 rings (SSSR count). The molecule has 5 nitrogen and oxygen atoms in total. The lowest BCUT2D eigenvalue weighted by Gasteiger charge is -2.34. The first-order valence-electron chi connectivity index (χ1n) is 7.82. The molecule has 0 unspecified atom stereocenters. The van der Waals surface area contributed by atoms with Crippen molar-refractivity contribution in [2.24, 2.45) is 11.7 Å². The van der Waals surface area contributed by atoms with Crippen LogP contribution in [0.4, 0.5) is 0 Å². The highest BCUT2D eigenvalue weighted by atomic mass is 35.5. The molecule has 2 N–H and O–H groups in total. The van der Waals surface area contributed by atoms with Gasteiger partial charge < -0.3 is 20.1 Å². The van der Waals surface area contributed by atoms with E-state index in [1.165, 1.54) is 0 Å². The molecule has 3 atom stereocenters. The van der Waals surface area contributed by atoms with E-state index in [2.05, 4.69) is 0 Å². The van der Waals surface area contributed by atoms with Crippen LogP contribution in [0.15, 0.2) is 18.2 Å². The lowest BCUT2D eigenvalue weighted by Crippen LogP contribution is -2.45. The van der Waals surface area contributed by atoms with E-state index in [4.69, 9.17) is 26.8 Å². The van der Waals surface area contributed by atoms with Crippen LogP contribution >= 0.6 is 11.6 Å². The molecule has 128 valence electrons. The van der Waals surface area contributed by atoms with Crippen LogP contribution in [0.25, 0.3) is 0 Å². The molecule has 0 radical (unpaired) electrons. The third-order valence-electron chi connectivity index (χ3n) is 4.52. The average molecular weight is 341 g/mol. The molecule has 1 fully saturated rings. The van der Waals surface area contributed by atoms with Crippen LogP contribution in [0.5, 0.6) is 5.75 Å². The zero-order chi connectivity index (χ0) is 17.0. The molecule has 6 heteroatoms. The molecule has 1 aliphatic rings. The minimum Gasteiger partial charge on any atom is -0.496 e. The van der Waals surface area contributed by atoms with Crippen molar-refractivity contribution in [2.75, 3.05) is 21.3 Å². The van der Waals surface area contributed by atoms with Crippen molar-refractivity contribution < 1.29 is 14.3 Å². The summed E-state index contributed by atoms with van der Waals surface area (Å²) in [6.45, 7) is 0.461. The molecule has 0 heterocycles. The fourth-order valence-electron chi connectivity index (χ4n) is 3.16. The summed E-state index contributed by atoms with van der Waals surface area (Å²) in [4.78, 5) is 14.4. The number of rotatable bonds is 5. The topological polar surface area (TPSA) is 64.8 Å². The molecule has 0 aromatic heterocycles. The van der Waals surface area contributed by atoms with Crippen molar-refractivity contribution in [3.63, 3.8) is 0 Å². The molecule has 0 spiro atoms. The number of benzene rings is 1. The molecule has 23 heavy (non-hydrogen) atoms. The van der Waals surface area contributed by atoms with E-state index in [0.717, 1.165) is 24.2 Å². The number of methoxy groups -OCH3 is 2. The van der Waals surface area contributed by atoms with E-state index in [9.17, 15) is 4.79 Å². The van der Waals surface area contributed by atoms with Gasteiger partial charge in [0.25, 0.3) is 0 Å². The number of carbonyl (C=O) groups excluding carboxylic acids is 1. The second-order valence-electron chi connectivity index (χ2n) is 6.10. The van der Waals surface area contributed by atoms with Gasteiger partial charge >= 0.3 is 0 Å². The average Bonchev–Trinajstić information content (AvgIpc) is 2.54. The van der Waals surface area contributed by atoms with Crippen LogP contribution in [0.1, 0.15) is 24.8 Å². The number of hydrogen-bond acceptors (Lipinski definition) is 4. The van der Waals surface area contributed by atoms with Crippen LogP contribution in [-0.2, 0) is 16.1 Å². The van der Waals surface area contributed by atoms with Gasteiger partial charge in [0.1, 0.15) is 5.75 Å². The van der Waals surface area contributed by atoms with Gasteiger partial charge in [-0.3, -0.25) is 4.79 Å². The Balaban J connectivity index is 2.04. The minimum atomic E-state index is -0.0493. The van der Waals surface area contributed by atoms with E-state index in [1.54, 1.807) is 32.2 Å². The van der Waals surface area contributed by atoms with E-state index in [-0.39, 0.29) is 24.0 Å². The fourth-order valence-corrected chi connectivity index (χ4v) is 3.36. The van der Waals surface area contributed by atoms with Crippen molar-refractivity contribution in [1.82, 2.24) is 4.90 Å². The number of ether oxygens (including phenoxy) is 2. The molecule has 1 amide bonds. The maximum absolute atomic E-state index is 12.7. The van der Waals surface area contributed by atoms with E-state index in [0.29, 0.717) is 18.0 Å². The molecular formula is C17H25ClN2O3. The molecule has 0 saturated heterocycles. The molecule has 1 aromatic carbocycles. The molecule has 0 bridgehead atoms.